The number of piperidine rings is 1. The Bertz CT molecular complexity index is 450. The van der Waals surface area contributed by atoms with Crippen LogP contribution in [-0.4, -0.2) is 48.8 Å². The molecule has 5 heteroatoms. The zero-order chi connectivity index (χ0) is 14.4. The van der Waals surface area contributed by atoms with Crippen molar-refractivity contribution in [2.75, 3.05) is 32.1 Å². The van der Waals surface area contributed by atoms with Crippen molar-refractivity contribution >= 4 is 11.6 Å². The number of carbonyl (C=O) groups is 1. The molecule has 1 aliphatic rings. The molecule has 20 heavy (non-hydrogen) atoms. The Morgan fingerprint density at radius 1 is 1.50 bits per heavy atom. The summed E-state index contributed by atoms with van der Waals surface area (Å²) < 4.78 is 5.13. The van der Waals surface area contributed by atoms with Crippen molar-refractivity contribution in [3.05, 3.63) is 24.3 Å². The van der Waals surface area contributed by atoms with Crippen molar-refractivity contribution in [2.45, 2.75) is 25.3 Å². The van der Waals surface area contributed by atoms with Gasteiger partial charge in [-0.05, 0) is 31.5 Å². The molecule has 1 aromatic rings. The fraction of sp³-hybridized carbons (Fsp3) is 0.533. The fourth-order valence-corrected chi connectivity index (χ4v) is 2.56. The minimum absolute atomic E-state index is 0.0568. The summed E-state index contributed by atoms with van der Waals surface area (Å²) in [6.45, 7) is 1.31. The number of rotatable bonds is 5. The summed E-state index contributed by atoms with van der Waals surface area (Å²) in [5, 5.41) is 12.2. The van der Waals surface area contributed by atoms with Gasteiger partial charge in [-0.3, -0.25) is 9.69 Å². The Hall–Kier alpha value is -1.59. The lowest BCUT2D eigenvalue weighted by atomic mass is 10.0. The van der Waals surface area contributed by atoms with E-state index in [1.54, 1.807) is 13.2 Å². The van der Waals surface area contributed by atoms with Gasteiger partial charge in [0.2, 0.25) is 5.91 Å². The summed E-state index contributed by atoms with van der Waals surface area (Å²) >= 11 is 0. The normalized spacial score (nSPS) is 19.6. The van der Waals surface area contributed by atoms with Gasteiger partial charge in [0.15, 0.2) is 0 Å². The van der Waals surface area contributed by atoms with Gasteiger partial charge in [-0.2, -0.15) is 0 Å². The van der Waals surface area contributed by atoms with Crippen LogP contribution in [0.25, 0.3) is 0 Å². The second-order valence-electron chi connectivity index (χ2n) is 5.08. The number of benzene rings is 1. The summed E-state index contributed by atoms with van der Waals surface area (Å²) in [7, 11) is 1.60. The first-order valence-corrected chi connectivity index (χ1v) is 7.01. The zero-order valence-electron chi connectivity index (χ0n) is 11.8. The van der Waals surface area contributed by atoms with Crippen LogP contribution < -0.4 is 10.1 Å². The molecule has 0 radical (unpaired) electrons. The molecular weight excluding hydrogens is 256 g/mol. The van der Waals surface area contributed by atoms with Gasteiger partial charge in [-0.1, -0.05) is 12.5 Å². The third kappa shape index (κ3) is 3.95. The van der Waals surface area contributed by atoms with E-state index in [2.05, 4.69) is 10.2 Å². The quantitative estimate of drug-likeness (QED) is 0.856. The number of methoxy groups -OCH3 is 1. The minimum Gasteiger partial charge on any atom is -0.497 e. The van der Waals surface area contributed by atoms with Crippen molar-refractivity contribution < 1.29 is 14.6 Å². The molecule has 1 aliphatic heterocycles. The van der Waals surface area contributed by atoms with Crippen LogP contribution in [0.4, 0.5) is 5.69 Å². The van der Waals surface area contributed by atoms with Gasteiger partial charge in [0.1, 0.15) is 5.75 Å². The molecule has 1 atom stereocenters. The van der Waals surface area contributed by atoms with E-state index in [-0.39, 0.29) is 18.6 Å². The number of anilines is 1. The van der Waals surface area contributed by atoms with E-state index >= 15 is 0 Å². The SMILES string of the molecule is COc1cccc(NC(=O)CN2CCCCC2CO)c1. The van der Waals surface area contributed by atoms with E-state index in [0.717, 1.165) is 31.5 Å². The third-order valence-corrected chi connectivity index (χ3v) is 3.66. The molecule has 1 amide bonds. The molecule has 5 nitrogen and oxygen atoms in total. The number of aliphatic hydroxyl groups excluding tert-OH is 1. The van der Waals surface area contributed by atoms with Crippen LogP contribution in [0.3, 0.4) is 0 Å². The summed E-state index contributed by atoms with van der Waals surface area (Å²) in [4.78, 5) is 14.1. The summed E-state index contributed by atoms with van der Waals surface area (Å²) in [6, 6.07) is 7.41. The van der Waals surface area contributed by atoms with Gasteiger partial charge in [0, 0.05) is 17.8 Å². The van der Waals surface area contributed by atoms with Crippen LogP contribution in [0.1, 0.15) is 19.3 Å². The molecule has 1 saturated heterocycles. The summed E-state index contributed by atoms with van der Waals surface area (Å²) in [5.74, 6) is 0.660. The lowest BCUT2D eigenvalue weighted by Crippen LogP contribution is -2.45. The van der Waals surface area contributed by atoms with Gasteiger partial charge in [0.25, 0.3) is 0 Å². The number of hydrogen-bond acceptors (Lipinski definition) is 4. The number of likely N-dealkylation sites (tertiary alicyclic amines) is 1. The Morgan fingerprint density at radius 2 is 2.35 bits per heavy atom. The standard InChI is InChI=1S/C15H22N2O3/c1-20-14-7-4-5-12(9-14)16-15(19)10-17-8-3-2-6-13(17)11-18/h4-5,7,9,13,18H,2-3,6,8,10-11H2,1H3,(H,16,19). The van der Waals surface area contributed by atoms with Crippen LogP contribution in [0, 0.1) is 0 Å². The maximum atomic E-state index is 12.1. The number of amides is 1. The molecule has 2 rings (SSSR count). The second kappa shape index (κ2) is 7.26. The predicted octanol–water partition coefficient (Wildman–Crippen LogP) is 1.48. The molecule has 0 spiro atoms. The Labute approximate surface area is 119 Å². The van der Waals surface area contributed by atoms with Gasteiger partial charge >= 0.3 is 0 Å². The molecule has 1 heterocycles. The highest BCUT2D eigenvalue weighted by Crippen LogP contribution is 2.18. The Balaban J connectivity index is 1.90. The molecule has 0 aromatic heterocycles. The number of carbonyl (C=O) groups excluding carboxylic acids is 1. The molecule has 1 unspecified atom stereocenters. The molecule has 0 bridgehead atoms. The van der Waals surface area contributed by atoms with Gasteiger partial charge in [-0.25, -0.2) is 0 Å². The topological polar surface area (TPSA) is 61.8 Å². The third-order valence-electron chi connectivity index (χ3n) is 3.66. The highest BCUT2D eigenvalue weighted by Gasteiger charge is 2.23. The number of nitrogens with zero attached hydrogens (tertiary/aromatic N) is 1. The summed E-state index contributed by atoms with van der Waals surface area (Å²) in [6.07, 6.45) is 3.17. The molecule has 0 aliphatic carbocycles. The fourth-order valence-electron chi connectivity index (χ4n) is 2.56. The zero-order valence-corrected chi connectivity index (χ0v) is 11.8. The van der Waals surface area contributed by atoms with Gasteiger partial charge in [0.05, 0.1) is 20.3 Å². The number of hydrogen-bond donors (Lipinski definition) is 2. The lowest BCUT2D eigenvalue weighted by molar-refractivity contribution is -0.118. The van der Waals surface area contributed by atoms with Crippen molar-refractivity contribution in [2.24, 2.45) is 0 Å². The van der Waals surface area contributed by atoms with E-state index in [9.17, 15) is 9.90 Å². The Kier molecular flexibility index (Phi) is 5.38. The molecule has 0 saturated carbocycles. The van der Waals surface area contributed by atoms with Crippen molar-refractivity contribution in [3.8, 4) is 5.75 Å². The first-order chi connectivity index (χ1) is 9.72. The molecular formula is C15H22N2O3. The Morgan fingerprint density at radius 3 is 3.10 bits per heavy atom. The van der Waals surface area contributed by atoms with E-state index in [4.69, 9.17) is 4.74 Å². The minimum atomic E-state index is -0.0568. The highest BCUT2D eigenvalue weighted by atomic mass is 16.5. The molecule has 1 aromatic carbocycles. The second-order valence-corrected chi connectivity index (χ2v) is 5.08. The number of nitrogens with one attached hydrogen (secondary N) is 1. The average molecular weight is 278 g/mol. The largest absolute Gasteiger partial charge is 0.497 e. The highest BCUT2D eigenvalue weighted by molar-refractivity contribution is 5.92. The van der Waals surface area contributed by atoms with Crippen molar-refractivity contribution in [1.82, 2.24) is 4.90 Å². The van der Waals surface area contributed by atoms with Crippen molar-refractivity contribution in [3.63, 3.8) is 0 Å². The maximum absolute atomic E-state index is 12.1. The molecule has 110 valence electrons. The number of ether oxygens (including phenoxy) is 1. The van der Waals surface area contributed by atoms with E-state index in [1.807, 2.05) is 18.2 Å². The van der Waals surface area contributed by atoms with Crippen LogP contribution in [-0.2, 0) is 4.79 Å². The summed E-state index contributed by atoms with van der Waals surface area (Å²) in [5.41, 5.74) is 0.729. The first-order valence-electron chi connectivity index (χ1n) is 7.01. The lowest BCUT2D eigenvalue weighted by Gasteiger charge is -2.33. The average Bonchev–Trinajstić information content (AvgIpc) is 2.48. The van der Waals surface area contributed by atoms with Crippen LogP contribution >= 0.6 is 0 Å². The molecule has 1 fully saturated rings. The number of aliphatic hydroxyl groups is 1. The molecule has 2 N–H and O–H groups in total. The van der Waals surface area contributed by atoms with E-state index < -0.39 is 0 Å². The van der Waals surface area contributed by atoms with Gasteiger partial charge < -0.3 is 15.2 Å². The van der Waals surface area contributed by atoms with Crippen LogP contribution in [0.15, 0.2) is 24.3 Å². The smallest absolute Gasteiger partial charge is 0.238 e. The van der Waals surface area contributed by atoms with E-state index in [1.165, 1.54) is 0 Å². The predicted molar refractivity (Wildman–Crippen MR) is 77.9 cm³/mol. The van der Waals surface area contributed by atoms with E-state index in [0.29, 0.717) is 12.3 Å². The first kappa shape index (κ1) is 14.8. The van der Waals surface area contributed by atoms with Gasteiger partial charge in [-0.15, -0.1) is 0 Å². The maximum Gasteiger partial charge on any atom is 0.238 e. The van der Waals surface area contributed by atoms with Crippen molar-refractivity contribution in [1.29, 1.82) is 0 Å². The monoisotopic (exact) mass is 278 g/mol. The van der Waals surface area contributed by atoms with Crippen LogP contribution in [0.5, 0.6) is 5.75 Å². The van der Waals surface area contributed by atoms with Crippen LogP contribution in [0.2, 0.25) is 0 Å².